The van der Waals surface area contributed by atoms with E-state index in [1.807, 2.05) is 19.1 Å². The zero-order valence-corrected chi connectivity index (χ0v) is 10.4. The summed E-state index contributed by atoms with van der Waals surface area (Å²) in [4.78, 5) is 11.2. The molecule has 0 amide bonds. The van der Waals surface area contributed by atoms with E-state index in [-0.39, 0.29) is 0 Å². The molecule has 0 bridgehead atoms. The third kappa shape index (κ3) is 2.89. The van der Waals surface area contributed by atoms with E-state index in [0.29, 0.717) is 11.6 Å². The van der Waals surface area contributed by atoms with Crippen molar-refractivity contribution < 1.29 is 14.3 Å². The fraction of sp³-hybridized carbons (Fsp3) is 0.417. The van der Waals surface area contributed by atoms with Crippen LogP contribution < -0.4 is 4.74 Å². The molecule has 0 saturated heterocycles. The van der Waals surface area contributed by atoms with Crippen molar-refractivity contribution in [3.63, 3.8) is 0 Å². The molecule has 0 N–H and O–H groups in total. The minimum atomic E-state index is -0.631. The van der Waals surface area contributed by atoms with Gasteiger partial charge in [0.25, 0.3) is 0 Å². The summed E-state index contributed by atoms with van der Waals surface area (Å²) in [5.41, 5.74) is 1.95. The number of esters is 1. The van der Waals surface area contributed by atoms with Crippen molar-refractivity contribution in [2.75, 3.05) is 7.11 Å². The standard InChI is InChI=1S/C12H15ClO3/c1-8-5-4-6-11(10(8)7-13)16-9(2)12(14)15-3/h4-6,9H,7H2,1-3H3. The van der Waals surface area contributed by atoms with Crippen LogP contribution in [0.4, 0.5) is 0 Å². The van der Waals surface area contributed by atoms with Gasteiger partial charge in [0, 0.05) is 5.56 Å². The Morgan fingerprint density at radius 1 is 1.50 bits per heavy atom. The van der Waals surface area contributed by atoms with Gasteiger partial charge >= 0.3 is 5.97 Å². The van der Waals surface area contributed by atoms with Crippen LogP contribution in [0.25, 0.3) is 0 Å². The van der Waals surface area contributed by atoms with Crippen LogP contribution in [0.1, 0.15) is 18.1 Å². The Morgan fingerprint density at radius 2 is 2.19 bits per heavy atom. The van der Waals surface area contributed by atoms with Gasteiger partial charge in [-0.1, -0.05) is 12.1 Å². The summed E-state index contributed by atoms with van der Waals surface area (Å²) in [6.07, 6.45) is -0.631. The lowest BCUT2D eigenvalue weighted by Crippen LogP contribution is -2.25. The second kappa shape index (κ2) is 5.75. The minimum absolute atomic E-state index is 0.357. The van der Waals surface area contributed by atoms with Gasteiger partial charge in [0.1, 0.15) is 5.75 Å². The predicted octanol–water partition coefficient (Wildman–Crippen LogP) is 2.67. The molecule has 1 aromatic rings. The minimum Gasteiger partial charge on any atom is -0.479 e. The topological polar surface area (TPSA) is 35.5 Å². The monoisotopic (exact) mass is 242 g/mol. The summed E-state index contributed by atoms with van der Waals surface area (Å²) in [7, 11) is 1.33. The highest BCUT2D eigenvalue weighted by Gasteiger charge is 2.16. The Bertz CT molecular complexity index is 377. The third-order valence-electron chi connectivity index (χ3n) is 2.34. The summed E-state index contributed by atoms with van der Waals surface area (Å²) >= 11 is 5.84. The Balaban J connectivity index is 2.88. The van der Waals surface area contributed by atoms with E-state index in [0.717, 1.165) is 11.1 Å². The van der Waals surface area contributed by atoms with Gasteiger partial charge in [-0.25, -0.2) is 4.79 Å². The zero-order chi connectivity index (χ0) is 12.1. The van der Waals surface area contributed by atoms with E-state index in [4.69, 9.17) is 16.3 Å². The second-order valence-electron chi connectivity index (χ2n) is 3.47. The number of carbonyl (C=O) groups is 1. The van der Waals surface area contributed by atoms with Crippen LogP contribution in [0, 0.1) is 6.92 Å². The normalized spacial score (nSPS) is 12.0. The molecule has 0 radical (unpaired) electrons. The summed E-state index contributed by atoms with van der Waals surface area (Å²) in [5.74, 6) is 0.588. The number of aryl methyl sites for hydroxylation is 1. The van der Waals surface area contributed by atoms with E-state index in [9.17, 15) is 4.79 Å². The van der Waals surface area contributed by atoms with E-state index in [1.54, 1.807) is 13.0 Å². The van der Waals surface area contributed by atoms with Crippen LogP contribution in [0.15, 0.2) is 18.2 Å². The SMILES string of the molecule is COC(=O)C(C)Oc1cccc(C)c1CCl. The molecule has 1 rings (SSSR count). The number of alkyl halides is 1. The van der Waals surface area contributed by atoms with Crippen molar-refractivity contribution in [3.8, 4) is 5.75 Å². The number of carbonyl (C=O) groups excluding carboxylic acids is 1. The maximum Gasteiger partial charge on any atom is 0.346 e. The van der Waals surface area contributed by atoms with Gasteiger partial charge in [0.2, 0.25) is 0 Å². The number of benzene rings is 1. The highest BCUT2D eigenvalue weighted by atomic mass is 35.5. The molecule has 1 atom stereocenters. The maximum atomic E-state index is 11.2. The summed E-state index contributed by atoms with van der Waals surface area (Å²) < 4.78 is 10.1. The molecule has 3 nitrogen and oxygen atoms in total. The average molecular weight is 243 g/mol. The molecule has 0 heterocycles. The van der Waals surface area contributed by atoms with Crippen molar-refractivity contribution in [1.82, 2.24) is 0 Å². The van der Waals surface area contributed by atoms with Crippen LogP contribution in [0.5, 0.6) is 5.75 Å². The number of halogens is 1. The van der Waals surface area contributed by atoms with Crippen LogP contribution >= 0.6 is 11.6 Å². The largest absolute Gasteiger partial charge is 0.479 e. The van der Waals surface area contributed by atoms with E-state index in [2.05, 4.69) is 4.74 Å². The van der Waals surface area contributed by atoms with Crippen molar-refractivity contribution >= 4 is 17.6 Å². The van der Waals surface area contributed by atoms with Gasteiger partial charge in [0.05, 0.1) is 13.0 Å². The lowest BCUT2D eigenvalue weighted by Gasteiger charge is -2.16. The Hall–Kier alpha value is -1.22. The fourth-order valence-electron chi connectivity index (χ4n) is 1.36. The van der Waals surface area contributed by atoms with Crippen molar-refractivity contribution in [3.05, 3.63) is 29.3 Å². The molecule has 1 unspecified atom stereocenters. The molecule has 0 fully saturated rings. The van der Waals surface area contributed by atoms with Crippen molar-refractivity contribution in [1.29, 1.82) is 0 Å². The zero-order valence-electron chi connectivity index (χ0n) is 9.62. The van der Waals surface area contributed by atoms with E-state index >= 15 is 0 Å². The Kier molecular flexibility index (Phi) is 4.62. The van der Waals surface area contributed by atoms with Crippen LogP contribution in [0.3, 0.4) is 0 Å². The molecule has 0 aliphatic heterocycles. The van der Waals surface area contributed by atoms with Crippen LogP contribution in [-0.2, 0) is 15.4 Å². The first-order valence-electron chi connectivity index (χ1n) is 4.99. The van der Waals surface area contributed by atoms with Gasteiger partial charge in [-0.05, 0) is 25.5 Å². The smallest absolute Gasteiger partial charge is 0.346 e. The maximum absolute atomic E-state index is 11.2. The molecule has 88 valence electrons. The Morgan fingerprint density at radius 3 is 2.75 bits per heavy atom. The number of hydrogen-bond donors (Lipinski definition) is 0. The molecule has 1 aromatic carbocycles. The highest BCUT2D eigenvalue weighted by molar-refractivity contribution is 6.17. The van der Waals surface area contributed by atoms with Gasteiger partial charge in [-0.2, -0.15) is 0 Å². The van der Waals surface area contributed by atoms with Gasteiger partial charge in [-0.15, -0.1) is 11.6 Å². The molecule has 4 heteroatoms. The fourth-order valence-corrected chi connectivity index (χ4v) is 1.70. The first-order chi connectivity index (χ1) is 7.60. The molecule has 16 heavy (non-hydrogen) atoms. The molecule has 0 aliphatic carbocycles. The van der Waals surface area contributed by atoms with Crippen LogP contribution in [-0.4, -0.2) is 19.2 Å². The second-order valence-corrected chi connectivity index (χ2v) is 3.74. The first-order valence-corrected chi connectivity index (χ1v) is 5.52. The Labute approximate surface area is 100 Å². The number of ether oxygens (including phenoxy) is 2. The molecule has 0 aliphatic rings. The number of hydrogen-bond acceptors (Lipinski definition) is 3. The van der Waals surface area contributed by atoms with Crippen molar-refractivity contribution in [2.24, 2.45) is 0 Å². The molecular formula is C12H15ClO3. The van der Waals surface area contributed by atoms with Crippen molar-refractivity contribution in [2.45, 2.75) is 25.8 Å². The lowest BCUT2D eigenvalue weighted by molar-refractivity contribution is -0.147. The highest BCUT2D eigenvalue weighted by Crippen LogP contribution is 2.24. The van der Waals surface area contributed by atoms with E-state index in [1.165, 1.54) is 7.11 Å². The van der Waals surface area contributed by atoms with Gasteiger partial charge < -0.3 is 9.47 Å². The third-order valence-corrected chi connectivity index (χ3v) is 2.61. The summed E-state index contributed by atoms with van der Waals surface area (Å²) in [6.45, 7) is 3.60. The quantitative estimate of drug-likeness (QED) is 0.602. The number of methoxy groups -OCH3 is 1. The molecule has 0 spiro atoms. The molecule has 0 saturated carbocycles. The van der Waals surface area contributed by atoms with Gasteiger partial charge in [0.15, 0.2) is 6.10 Å². The van der Waals surface area contributed by atoms with Gasteiger partial charge in [-0.3, -0.25) is 0 Å². The number of rotatable bonds is 4. The average Bonchev–Trinajstić information content (AvgIpc) is 2.28. The summed E-state index contributed by atoms with van der Waals surface area (Å²) in [5, 5.41) is 0. The lowest BCUT2D eigenvalue weighted by atomic mass is 10.1. The molecular weight excluding hydrogens is 228 g/mol. The summed E-state index contributed by atoms with van der Waals surface area (Å²) in [6, 6.07) is 5.61. The van der Waals surface area contributed by atoms with E-state index < -0.39 is 12.1 Å². The molecule has 0 aromatic heterocycles. The first kappa shape index (κ1) is 12.8. The predicted molar refractivity (Wildman–Crippen MR) is 62.8 cm³/mol. The van der Waals surface area contributed by atoms with Crippen LogP contribution in [0.2, 0.25) is 0 Å².